The molecule has 3 saturated carbocycles. The van der Waals surface area contributed by atoms with Gasteiger partial charge in [0.15, 0.2) is 12.1 Å². The van der Waals surface area contributed by atoms with Gasteiger partial charge in [-0.2, -0.15) is 0 Å². The number of aliphatic hydroxyl groups excluding tert-OH is 1. The van der Waals surface area contributed by atoms with E-state index in [2.05, 4.69) is 6.58 Å². The Labute approximate surface area is 181 Å². The molecular formula is C23H30O8. The highest BCUT2D eigenvalue weighted by Crippen LogP contribution is 2.70. The van der Waals surface area contributed by atoms with E-state index in [1.165, 1.54) is 6.92 Å². The third-order valence-electron chi connectivity index (χ3n) is 8.96. The van der Waals surface area contributed by atoms with Crippen LogP contribution < -0.4 is 0 Å². The van der Waals surface area contributed by atoms with Crippen molar-refractivity contribution in [3.8, 4) is 0 Å². The van der Waals surface area contributed by atoms with Crippen LogP contribution in [0.1, 0.15) is 39.5 Å². The molecule has 2 heterocycles. The van der Waals surface area contributed by atoms with Crippen LogP contribution in [-0.4, -0.2) is 61.6 Å². The van der Waals surface area contributed by atoms with Gasteiger partial charge >= 0.3 is 11.9 Å². The Balaban J connectivity index is 1.66. The molecule has 0 aromatic heterocycles. The van der Waals surface area contributed by atoms with Crippen molar-refractivity contribution in [1.82, 2.24) is 0 Å². The van der Waals surface area contributed by atoms with Crippen molar-refractivity contribution >= 4 is 17.7 Å². The van der Waals surface area contributed by atoms with Crippen molar-refractivity contribution in [1.29, 1.82) is 0 Å². The van der Waals surface area contributed by atoms with E-state index in [0.29, 0.717) is 37.9 Å². The van der Waals surface area contributed by atoms with E-state index in [4.69, 9.17) is 18.9 Å². The number of aliphatic hydroxyl groups is 1. The number of carbonyl (C=O) groups is 3. The Morgan fingerprint density at radius 3 is 2.68 bits per heavy atom. The maximum atomic E-state index is 13.4. The topological polar surface area (TPSA) is 108 Å². The maximum Gasteiger partial charge on any atom is 0.320 e. The van der Waals surface area contributed by atoms with Crippen LogP contribution in [-0.2, 0) is 33.3 Å². The van der Waals surface area contributed by atoms with E-state index in [1.54, 1.807) is 7.11 Å². The lowest BCUT2D eigenvalue weighted by Gasteiger charge is -2.62. The van der Waals surface area contributed by atoms with Crippen molar-refractivity contribution in [3.63, 3.8) is 0 Å². The predicted molar refractivity (Wildman–Crippen MR) is 105 cm³/mol. The summed E-state index contributed by atoms with van der Waals surface area (Å²) in [4.78, 5) is 38.4. The Hall–Kier alpha value is -1.77. The molecular weight excluding hydrogens is 404 g/mol. The van der Waals surface area contributed by atoms with Crippen molar-refractivity contribution in [2.24, 2.45) is 34.0 Å². The van der Waals surface area contributed by atoms with Crippen LogP contribution in [0, 0.1) is 34.0 Å². The Kier molecular flexibility index (Phi) is 4.51. The lowest BCUT2D eigenvalue weighted by molar-refractivity contribution is -0.254. The second-order valence-corrected chi connectivity index (χ2v) is 10.4. The third-order valence-corrected chi connectivity index (χ3v) is 8.96. The minimum atomic E-state index is -1.41. The quantitative estimate of drug-likeness (QED) is 0.395. The van der Waals surface area contributed by atoms with Gasteiger partial charge in [0.25, 0.3) is 0 Å². The van der Waals surface area contributed by atoms with Crippen molar-refractivity contribution in [2.75, 3.05) is 20.3 Å². The van der Waals surface area contributed by atoms with Crippen molar-refractivity contribution in [2.45, 2.75) is 58.0 Å². The number of hydrogen-bond donors (Lipinski definition) is 1. The van der Waals surface area contributed by atoms with Gasteiger partial charge in [-0.3, -0.25) is 14.4 Å². The largest absolute Gasteiger partial charge is 0.464 e. The van der Waals surface area contributed by atoms with Crippen LogP contribution >= 0.6 is 0 Å². The van der Waals surface area contributed by atoms with Crippen LogP contribution in [0.2, 0.25) is 0 Å². The number of esters is 2. The highest BCUT2D eigenvalue weighted by atomic mass is 16.7. The molecule has 0 unspecified atom stereocenters. The van der Waals surface area contributed by atoms with E-state index < -0.39 is 46.6 Å². The SMILES string of the molecule is C=C1C(=O)[C@]23C[C@H]1C[C@@H](O)[C@H]2[C@@]1(CC[C@H](OC(C)=O)[C@@]2(C)CO[C@@H](OC)[C@H]21)COC3=O. The summed E-state index contributed by atoms with van der Waals surface area (Å²) in [6.07, 6.45) is -0.0672. The van der Waals surface area contributed by atoms with E-state index in [-0.39, 0.29) is 30.2 Å². The van der Waals surface area contributed by atoms with Gasteiger partial charge in [0.1, 0.15) is 11.5 Å². The molecule has 2 spiro atoms. The lowest BCUT2D eigenvalue weighted by Crippen LogP contribution is -2.69. The number of cyclic esters (lactones) is 1. The van der Waals surface area contributed by atoms with Gasteiger partial charge in [0.05, 0.1) is 19.3 Å². The number of methoxy groups -OCH3 is 1. The molecule has 3 aliphatic carbocycles. The molecule has 0 amide bonds. The first-order valence-electron chi connectivity index (χ1n) is 11.0. The van der Waals surface area contributed by atoms with Gasteiger partial charge in [0, 0.05) is 36.7 Å². The zero-order valence-corrected chi connectivity index (χ0v) is 18.2. The van der Waals surface area contributed by atoms with Crippen molar-refractivity contribution in [3.05, 3.63) is 12.2 Å². The molecule has 0 radical (unpaired) electrons. The molecule has 2 saturated heterocycles. The smallest absolute Gasteiger partial charge is 0.320 e. The fourth-order valence-corrected chi connectivity index (χ4v) is 7.90. The fourth-order valence-electron chi connectivity index (χ4n) is 7.90. The molecule has 5 aliphatic rings. The van der Waals surface area contributed by atoms with Crippen LogP contribution in [0.15, 0.2) is 12.2 Å². The molecule has 31 heavy (non-hydrogen) atoms. The van der Waals surface area contributed by atoms with Gasteiger partial charge in [-0.1, -0.05) is 13.5 Å². The Bertz CT molecular complexity index is 868. The summed E-state index contributed by atoms with van der Waals surface area (Å²) < 4.78 is 23.2. The summed E-state index contributed by atoms with van der Waals surface area (Å²) in [5, 5.41) is 11.4. The Morgan fingerprint density at radius 2 is 2.00 bits per heavy atom. The van der Waals surface area contributed by atoms with E-state index in [0.717, 1.165) is 0 Å². The maximum absolute atomic E-state index is 13.4. The van der Waals surface area contributed by atoms with Crippen LogP contribution in [0.25, 0.3) is 0 Å². The molecule has 1 N–H and O–H groups in total. The molecule has 9 atom stereocenters. The normalized spacial score (nSPS) is 50.8. The summed E-state index contributed by atoms with van der Waals surface area (Å²) in [7, 11) is 1.56. The second kappa shape index (κ2) is 6.62. The van der Waals surface area contributed by atoms with Gasteiger partial charge in [-0.15, -0.1) is 0 Å². The van der Waals surface area contributed by atoms with Crippen molar-refractivity contribution < 1.29 is 38.4 Å². The molecule has 0 aromatic carbocycles. The van der Waals surface area contributed by atoms with Crippen LogP contribution in [0.4, 0.5) is 0 Å². The Morgan fingerprint density at radius 1 is 1.26 bits per heavy atom. The second-order valence-electron chi connectivity index (χ2n) is 10.4. The molecule has 2 bridgehead atoms. The molecule has 170 valence electrons. The third kappa shape index (κ3) is 2.44. The minimum absolute atomic E-state index is 0.0794. The first-order valence-corrected chi connectivity index (χ1v) is 11.0. The summed E-state index contributed by atoms with van der Waals surface area (Å²) in [6, 6.07) is 0. The lowest BCUT2D eigenvalue weighted by atomic mass is 9.43. The van der Waals surface area contributed by atoms with Crippen LogP contribution in [0.5, 0.6) is 0 Å². The number of carbonyl (C=O) groups excluding carboxylic acids is 3. The average molecular weight is 434 g/mol. The van der Waals surface area contributed by atoms with Crippen LogP contribution in [0.3, 0.4) is 0 Å². The molecule has 2 aliphatic heterocycles. The molecule has 0 aromatic rings. The first-order chi connectivity index (χ1) is 14.6. The number of ketones is 1. The highest BCUT2D eigenvalue weighted by molar-refractivity contribution is 6.15. The van der Waals surface area contributed by atoms with Gasteiger partial charge < -0.3 is 24.1 Å². The fraction of sp³-hybridized carbons (Fsp3) is 0.783. The number of hydrogen-bond acceptors (Lipinski definition) is 8. The number of fused-ring (bicyclic) bond motifs is 4. The van der Waals surface area contributed by atoms with E-state index in [1.807, 2.05) is 6.92 Å². The predicted octanol–water partition coefficient (Wildman–Crippen LogP) is 1.39. The zero-order valence-electron chi connectivity index (χ0n) is 18.2. The molecule has 5 fully saturated rings. The van der Waals surface area contributed by atoms with E-state index >= 15 is 0 Å². The standard InChI is InChI=1S/C23H30O8/c1-11-13-7-14(25)16-22(10-30-20(27)23(16,8-13)18(11)26)6-5-15(31-12(2)24)21(3)9-29-19(28-4)17(21)22/h13-17,19,25H,1,5-10H2,2-4H3/t13-,14-,15+,16+,17-,19-,21-,22-,23+/m1/s1. The van der Waals surface area contributed by atoms with Gasteiger partial charge in [-0.05, 0) is 37.2 Å². The zero-order chi connectivity index (χ0) is 22.3. The minimum Gasteiger partial charge on any atom is -0.464 e. The monoisotopic (exact) mass is 434 g/mol. The number of allylic oxidation sites excluding steroid dienone is 1. The molecule has 8 heteroatoms. The number of ether oxygens (including phenoxy) is 4. The van der Waals surface area contributed by atoms with Gasteiger partial charge in [-0.25, -0.2) is 0 Å². The first kappa shape index (κ1) is 21.1. The summed E-state index contributed by atoms with van der Waals surface area (Å²) >= 11 is 0. The molecule has 8 nitrogen and oxygen atoms in total. The highest BCUT2D eigenvalue weighted by Gasteiger charge is 2.77. The van der Waals surface area contributed by atoms with Gasteiger partial charge in [0.2, 0.25) is 0 Å². The summed E-state index contributed by atoms with van der Waals surface area (Å²) in [6.45, 7) is 7.72. The van der Waals surface area contributed by atoms with E-state index in [9.17, 15) is 19.5 Å². The summed E-state index contributed by atoms with van der Waals surface area (Å²) in [5.41, 5.74) is -2.34. The number of Topliss-reactive ketones (excluding diaryl/α,β-unsaturated/α-hetero) is 1. The molecule has 5 rings (SSSR count). The summed E-state index contributed by atoms with van der Waals surface area (Å²) in [5.74, 6) is -2.36. The average Bonchev–Trinajstić information content (AvgIpc) is 3.17. The number of rotatable bonds is 2.